The summed E-state index contributed by atoms with van der Waals surface area (Å²) in [6.45, 7) is 2.59. The second-order valence-electron chi connectivity index (χ2n) is 5.58. The molecule has 122 valence electrons. The molecular formula is C19H20N4O. The topological polar surface area (TPSA) is 59.8 Å². The zero-order valence-corrected chi connectivity index (χ0v) is 13.6. The van der Waals surface area contributed by atoms with Gasteiger partial charge in [0, 0.05) is 18.5 Å². The summed E-state index contributed by atoms with van der Waals surface area (Å²) in [5, 5.41) is 7.31. The highest BCUT2D eigenvalue weighted by molar-refractivity contribution is 5.95. The van der Waals surface area contributed by atoms with Crippen molar-refractivity contribution in [1.82, 2.24) is 14.8 Å². The fourth-order valence-electron chi connectivity index (χ4n) is 2.65. The summed E-state index contributed by atoms with van der Waals surface area (Å²) in [4.78, 5) is 16.8. The standard InChI is InChI=1S/C19H20N4O/c1-2-17(15-8-4-3-5-9-15)19(24)21-18-11-13-23(22-18)14-16-10-6-7-12-20-16/h3-13,17H,2,14H2,1H3,(H,21,22,24). The molecule has 0 saturated carbocycles. The maximum atomic E-state index is 12.5. The van der Waals surface area contributed by atoms with Crippen molar-refractivity contribution in [2.45, 2.75) is 25.8 Å². The SMILES string of the molecule is CCC(C(=O)Nc1ccn(Cc2ccccn2)n1)c1ccccc1. The molecule has 2 heterocycles. The summed E-state index contributed by atoms with van der Waals surface area (Å²) in [5.41, 5.74) is 1.94. The normalized spacial score (nSPS) is 11.9. The summed E-state index contributed by atoms with van der Waals surface area (Å²) in [5.74, 6) is 0.351. The van der Waals surface area contributed by atoms with E-state index in [1.807, 2.05) is 61.7 Å². The molecular weight excluding hydrogens is 300 g/mol. The Balaban J connectivity index is 1.66. The van der Waals surface area contributed by atoms with Crippen molar-refractivity contribution in [3.8, 4) is 0 Å². The predicted octanol–water partition coefficient (Wildman–Crippen LogP) is 3.46. The molecule has 0 aliphatic carbocycles. The van der Waals surface area contributed by atoms with E-state index in [0.717, 1.165) is 17.7 Å². The van der Waals surface area contributed by atoms with Crippen LogP contribution in [0.2, 0.25) is 0 Å². The minimum Gasteiger partial charge on any atom is -0.309 e. The average Bonchev–Trinajstić information content (AvgIpc) is 3.04. The lowest BCUT2D eigenvalue weighted by Gasteiger charge is -2.14. The summed E-state index contributed by atoms with van der Waals surface area (Å²) in [6.07, 6.45) is 4.34. The maximum Gasteiger partial charge on any atom is 0.233 e. The minimum atomic E-state index is -0.174. The summed E-state index contributed by atoms with van der Waals surface area (Å²) < 4.78 is 1.77. The first-order valence-corrected chi connectivity index (χ1v) is 8.05. The molecule has 0 saturated heterocycles. The van der Waals surface area contributed by atoms with Gasteiger partial charge in [-0.15, -0.1) is 0 Å². The van der Waals surface area contributed by atoms with Gasteiger partial charge in [0.05, 0.1) is 18.2 Å². The van der Waals surface area contributed by atoms with Crippen LogP contribution in [-0.2, 0) is 11.3 Å². The number of benzene rings is 1. The van der Waals surface area contributed by atoms with E-state index in [1.54, 1.807) is 16.9 Å². The highest BCUT2D eigenvalue weighted by atomic mass is 16.2. The van der Waals surface area contributed by atoms with Crippen molar-refractivity contribution in [1.29, 1.82) is 0 Å². The van der Waals surface area contributed by atoms with Crippen molar-refractivity contribution >= 4 is 11.7 Å². The molecule has 1 N–H and O–H groups in total. The molecule has 3 aromatic rings. The zero-order chi connectivity index (χ0) is 16.8. The van der Waals surface area contributed by atoms with Crippen molar-refractivity contribution in [3.05, 3.63) is 78.2 Å². The molecule has 1 aromatic carbocycles. The molecule has 1 amide bonds. The van der Waals surface area contributed by atoms with Gasteiger partial charge in [0.1, 0.15) is 0 Å². The Morgan fingerprint density at radius 1 is 1.12 bits per heavy atom. The smallest absolute Gasteiger partial charge is 0.233 e. The minimum absolute atomic E-state index is 0.0354. The maximum absolute atomic E-state index is 12.5. The Morgan fingerprint density at radius 2 is 1.92 bits per heavy atom. The van der Waals surface area contributed by atoms with Crippen LogP contribution < -0.4 is 5.32 Å². The number of nitrogens with zero attached hydrogens (tertiary/aromatic N) is 3. The number of hydrogen-bond donors (Lipinski definition) is 1. The molecule has 0 bridgehead atoms. The van der Waals surface area contributed by atoms with Crippen LogP contribution in [0.3, 0.4) is 0 Å². The molecule has 1 unspecified atom stereocenters. The third kappa shape index (κ3) is 3.87. The fraction of sp³-hybridized carbons (Fsp3) is 0.211. The molecule has 24 heavy (non-hydrogen) atoms. The quantitative estimate of drug-likeness (QED) is 0.756. The van der Waals surface area contributed by atoms with Crippen LogP contribution in [0.4, 0.5) is 5.82 Å². The van der Waals surface area contributed by atoms with Gasteiger partial charge in [0.2, 0.25) is 5.91 Å². The van der Waals surface area contributed by atoms with E-state index in [-0.39, 0.29) is 11.8 Å². The Labute approximate surface area is 141 Å². The lowest BCUT2D eigenvalue weighted by molar-refractivity contribution is -0.117. The van der Waals surface area contributed by atoms with Crippen molar-refractivity contribution in [2.75, 3.05) is 5.32 Å². The van der Waals surface area contributed by atoms with E-state index >= 15 is 0 Å². The Hall–Kier alpha value is -2.95. The second kappa shape index (κ2) is 7.55. The Bertz CT molecular complexity index is 783. The monoisotopic (exact) mass is 320 g/mol. The largest absolute Gasteiger partial charge is 0.309 e. The van der Waals surface area contributed by atoms with Gasteiger partial charge in [-0.1, -0.05) is 43.3 Å². The molecule has 0 aliphatic rings. The van der Waals surface area contributed by atoms with E-state index in [9.17, 15) is 4.79 Å². The average molecular weight is 320 g/mol. The molecule has 2 aromatic heterocycles. The van der Waals surface area contributed by atoms with Crippen molar-refractivity contribution in [3.63, 3.8) is 0 Å². The first kappa shape index (κ1) is 15.9. The van der Waals surface area contributed by atoms with E-state index in [4.69, 9.17) is 0 Å². The lowest BCUT2D eigenvalue weighted by Crippen LogP contribution is -2.21. The second-order valence-corrected chi connectivity index (χ2v) is 5.58. The van der Waals surface area contributed by atoms with Crippen molar-refractivity contribution in [2.24, 2.45) is 0 Å². The van der Waals surface area contributed by atoms with Crippen LogP contribution in [0, 0.1) is 0 Å². The number of pyridine rings is 1. The molecule has 0 aliphatic heterocycles. The fourth-order valence-corrected chi connectivity index (χ4v) is 2.65. The van der Waals surface area contributed by atoms with Crippen LogP contribution in [0.1, 0.15) is 30.5 Å². The lowest BCUT2D eigenvalue weighted by atomic mass is 9.96. The van der Waals surface area contributed by atoms with Crippen LogP contribution in [0.5, 0.6) is 0 Å². The van der Waals surface area contributed by atoms with E-state index in [1.165, 1.54) is 0 Å². The number of amides is 1. The molecule has 5 heteroatoms. The highest BCUT2D eigenvalue weighted by Gasteiger charge is 2.19. The Morgan fingerprint density at radius 3 is 2.62 bits per heavy atom. The van der Waals surface area contributed by atoms with Gasteiger partial charge in [-0.25, -0.2) is 0 Å². The third-order valence-corrected chi connectivity index (χ3v) is 3.87. The molecule has 1 atom stereocenters. The molecule has 0 fully saturated rings. The highest BCUT2D eigenvalue weighted by Crippen LogP contribution is 2.21. The number of rotatable bonds is 6. The Kier molecular flexibility index (Phi) is 5.01. The van der Waals surface area contributed by atoms with Gasteiger partial charge in [0.15, 0.2) is 5.82 Å². The number of carbonyl (C=O) groups is 1. The first-order valence-electron chi connectivity index (χ1n) is 8.05. The van der Waals surface area contributed by atoms with Crippen LogP contribution in [0.25, 0.3) is 0 Å². The number of aromatic nitrogens is 3. The molecule has 0 radical (unpaired) electrons. The van der Waals surface area contributed by atoms with Crippen LogP contribution in [0.15, 0.2) is 67.0 Å². The predicted molar refractivity (Wildman–Crippen MR) is 93.7 cm³/mol. The van der Waals surface area contributed by atoms with Gasteiger partial charge >= 0.3 is 0 Å². The first-order chi connectivity index (χ1) is 11.8. The van der Waals surface area contributed by atoms with Crippen molar-refractivity contribution < 1.29 is 4.79 Å². The van der Waals surface area contributed by atoms with E-state index < -0.39 is 0 Å². The van der Waals surface area contributed by atoms with E-state index in [2.05, 4.69) is 15.4 Å². The van der Waals surface area contributed by atoms with Gasteiger partial charge < -0.3 is 5.32 Å². The number of carbonyl (C=O) groups excluding carboxylic acids is 1. The van der Waals surface area contributed by atoms with Gasteiger partial charge in [-0.3, -0.25) is 14.5 Å². The van der Waals surface area contributed by atoms with E-state index in [0.29, 0.717) is 12.4 Å². The number of nitrogens with one attached hydrogen (secondary N) is 1. The molecule has 0 spiro atoms. The molecule has 3 rings (SSSR count). The molecule has 5 nitrogen and oxygen atoms in total. The van der Waals surface area contributed by atoms with Crippen LogP contribution in [-0.4, -0.2) is 20.7 Å². The third-order valence-electron chi connectivity index (χ3n) is 3.87. The number of anilines is 1. The summed E-state index contributed by atoms with van der Waals surface area (Å²) in [6, 6.07) is 17.4. The van der Waals surface area contributed by atoms with Crippen LogP contribution >= 0.6 is 0 Å². The summed E-state index contributed by atoms with van der Waals surface area (Å²) >= 11 is 0. The number of hydrogen-bond acceptors (Lipinski definition) is 3. The zero-order valence-electron chi connectivity index (χ0n) is 13.6. The van der Waals surface area contributed by atoms with Gasteiger partial charge in [-0.2, -0.15) is 5.10 Å². The summed E-state index contributed by atoms with van der Waals surface area (Å²) in [7, 11) is 0. The van der Waals surface area contributed by atoms with Gasteiger partial charge in [0.25, 0.3) is 0 Å². The van der Waals surface area contributed by atoms with Gasteiger partial charge in [-0.05, 0) is 24.1 Å².